The number of methoxy groups -OCH3 is 1. The fourth-order valence-corrected chi connectivity index (χ4v) is 3.64. The van der Waals surface area contributed by atoms with Gasteiger partial charge in [0.2, 0.25) is 11.8 Å². The van der Waals surface area contributed by atoms with Crippen LogP contribution in [0.25, 0.3) is 0 Å². The van der Waals surface area contributed by atoms with Crippen molar-refractivity contribution in [2.24, 2.45) is 11.8 Å². The molecule has 2 amide bonds. The minimum absolute atomic E-state index is 0.0243. The Morgan fingerprint density at radius 1 is 1.12 bits per heavy atom. The minimum atomic E-state index is -0.342. The van der Waals surface area contributed by atoms with Crippen molar-refractivity contribution < 1.29 is 19.1 Å². The number of anilines is 1. The van der Waals surface area contributed by atoms with Crippen molar-refractivity contribution in [3.63, 3.8) is 0 Å². The smallest absolute Gasteiger partial charge is 0.310 e. The first-order valence-electron chi connectivity index (χ1n) is 8.73. The zero-order valence-corrected chi connectivity index (χ0v) is 14.7. The summed E-state index contributed by atoms with van der Waals surface area (Å²) in [6.45, 7) is 3.43. The first-order valence-corrected chi connectivity index (χ1v) is 8.73. The lowest BCUT2D eigenvalue weighted by atomic mass is 9.96. The van der Waals surface area contributed by atoms with Gasteiger partial charge in [-0.25, -0.2) is 0 Å². The van der Waals surface area contributed by atoms with Gasteiger partial charge in [0.05, 0.1) is 18.9 Å². The Labute approximate surface area is 147 Å². The molecule has 134 valence electrons. The number of nitrogens with zero attached hydrogens (tertiary/aromatic N) is 2. The number of ether oxygens (including phenoxy) is 1. The second kappa shape index (κ2) is 7.25. The van der Waals surface area contributed by atoms with E-state index in [0.717, 1.165) is 24.1 Å². The molecule has 0 bridgehead atoms. The van der Waals surface area contributed by atoms with Crippen molar-refractivity contribution in [2.45, 2.75) is 26.2 Å². The number of amides is 2. The maximum atomic E-state index is 12.8. The molecular weight excluding hydrogens is 320 g/mol. The number of esters is 1. The van der Waals surface area contributed by atoms with E-state index in [4.69, 9.17) is 4.74 Å². The van der Waals surface area contributed by atoms with Crippen molar-refractivity contribution in [1.82, 2.24) is 4.90 Å². The molecule has 0 aromatic heterocycles. The van der Waals surface area contributed by atoms with Crippen molar-refractivity contribution in [3.8, 4) is 0 Å². The molecular formula is C19H24N2O4. The fraction of sp³-hybridized carbons (Fsp3) is 0.526. The summed E-state index contributed by atoms with van der Waals surface area (Å²) in [4.78, 5) is 40.3. The first-order chi connectivity index (χ1) is 12.0. The van der Waals surface area contributed by atoms with Gasteiger partial charge in [-0.1, -0.05) is 17.7 Å². The lowest BCUT2D eigenvalue weighted by Gasteiger charge is -2.33. The van der Waals surface area contributed by atoms with Gasteiger partial charge in [0.1, 0.15) is 0 Å². The fourth-order valence-electron chi connectivity index (χ4n) is 3.64. The Kier molecular flexibility index (Phi) is 5.06. The molecule has 2 fully saturated rings. The first kappa shape index (κ1) is 17.5. The van der Waals surface area contributed by atoms with Gasteiger partial charge in [-0.2, -0.15) is 0 Å². The highest BCUT2D eigenvalue weighted by Crippen LogP contribution is 2.28. The zero-order chi connectivity index (χ0) is 18.0. The van der Waals surface area contributed by atoms with E-state index in [0.29, 0.717) is 19.6 Å². The molecule has 1 aromatic rings. The zero-order valence-electron chi connectivity index (χ0n) is 14.7. The van der Waals surface area contributed by atoms with Crippen LogP contribution in [-0.4, -0.2) is 49.4 Å². The third-order valence-corrected chi connectivity index (χ3v) is 5.09. The van der Waals surface area contributed by atoms with Crippen LogP contribution in [0.3, 0.4) is 0 Å². The SMILES string of the molecule is COC(=O)C1CCCN(C(=O)C2CC(=O)N(c3ccc(C)cc3)C2)C1. The summed E-state index contributed by atoms with van der Waals surface area (Å²) in [6.07, 6.45) is 1.76. The highest BCUT2D eigenvalue weighted by molar-refractivity contribution is 6.00. The Morgan fingerprint density at radius 2 is 1.84 bits per heavy atom. The third-order valence-electron chi connectivity index (χ3n) is 5.09. The summed E-state index contributed by atoms with van der Waals surface area (Å²) < 4.78 is 4.81. The number of hydrogen-bond acceptors (Lipinski definition) is 4. The molecule has 0 radical (unpaired) electrons. The number of hydrogen-bond donors (Lipinski definition) is 0. The van der Waals surface area contributed by atoms with Gasteiger partial charge < -0.3 is 14.5 Å². The Morgan fingerprint density at radius 3 is 2.52 bits per heavy atom. The number of rotatable bonds is 3. The summed E-state index contributed by atoms with van der Waals surface area (Å²) in [5.41, 5.74) is 1.96. The molecule has 25 heavy (non-hydrogen) atoms. The molecule has 0 saturated carbocycles. The average Bonchev–Trinajstić information content (AvgIpc) is 3.03. The second-order valence-corrected chi connectivity index (χ2v) is 6.89. The minimum Gasteiger partial charge on any atom is -0.469 e. The molecule has 2 unspecified atom stereocenters. The molecule has 2 saturated heterocycles. The van der Waals surface area contributed by atoms with Gasteiger partial charge in [0.25, 0.3) is 0 Å². The second-order valence-electron chi connectivity index (χ2n) is 6.89. The third kappa shape index (κ3) is 3.67. The summed E-state index contributed by atoms with van der Waals surface area (Å²) >= 11 is 0. The van der Waals surface area contributed by atoms with Gasteiger partial charge in [-0.3, -0.25) is 14.4 Å². The lowest BCUT2D eigenvalue weighted by molar-refractivity contribution is -0.149. The van der Waals surface area contributed by atoms with E-state index in [1.807, 2.05) is 31.2 Å². The van der Waals surface area contributed by atoms with E-state index in [1.54, 1.807) is 9.80 Å². The van der Waals surface area contributed by atoms with Gasteiger partial charge in [-0.05, 0) is 31.9 Å². The highest BCUT2D eigenvalue weighted by Gasteiger charge is 2.39. The van der Waals surface area contributed by atoms with E-state index in [1.165, 1.54) is 7.11 Å². The van der Waals surface area contributed by atoms with Crippen LogP contribution in [-0.2, 0) is 19.1 Å². The number of piperidine rings is 1. The number of carbonyl (C=O) groups is 3. The topological polar surface area (TPSA) is 66.9 Å². The van der Waals surface area contributed by atoms with Gasteiger partial charge in [0.15, 0.2) is 0 Å². The van der Waals surface area contributed by atoms with Crippen LogP contribution >= 0.6 is 0 Å². The number of likely N-dealkylation sites (tertiary alicyclic amines) is 1. The molecule has 6 nitrogen and oxygen atoms in total. The average molecular weight is 344 g/mol. The predicted octanol–water partition coefficient (Wildman–Crippen LogP) is 1.76. The van der Waals surface area contributed by atoms with Crippen LogP contribution in [0.15, 0.2) is 24.3 Å². The number of carbonyl (C=O) groups excluding carboxylic acids is 3. The van der Waals surface area contributed by atoms with Crippen LogP contribution < -0.4 is 4.90 Å². The van der Waals surface area contributed by atoms with Crippen LogP contribution in [0.5, 0.6) is 0 Å². The Balaban J connectivity index is 1.66. The van der Waals surface area contributed by atoms with Crippen LogP contribution in [0.1, 0.15) is 24.8 Å². The van der Waals surface area contributed by atoms with Gasteiger partial charge in [-0.15, -0.1) is 0 Å². The van der Waals surface area contributed by atoms with Gasteiger partial charge in [0, 0.05) is 31.7 Å². The van der Waals surface area contributed by atoms with E-state index < -0.39 is 0 Å². The van der Waals surface area contributed by atoms with E-state index >= 15 is 0 Å². The van der Waals surface area contributed by atoms with Crippen LogP contribution in [0.4, 0.5) is 5.69 Å². The van der Waals surface area contributed by atoms with Crippen molar-refractivity contribution in [3.05, 3.63) is 29.8 Å². The number of benzene rings is 1. The van der Waals surface area contributed by atoms with E-state index in [9.17, 15) is 14.4 Å². The molecule has 2 aliphatic heterocycles. The van der Waals surface area contributed by atoms with Crippen LogP contribution in [0.2, 0.25) is 0 Å². The molecule has 2 heterocycles. The molecule has 0 aliphatic carbocycles. The highest BCUT2D eigenvalue weighted by atomic mass is 16.5. The molecule has 6 heteroatoms. The molecule has 2 aliphatic rings. The molecule has 2 atom stereocenters. The summed E-state index contributed by atoms with van der Waals surface area (Å²) in [5, 5.41) is 0. The largest absolute Gasteiger partial charge is 0.469 e. The van der Waals surface area contributed by atoms with E-state index in [-0.39, 0.29) is 36.0 Å². The van der Waals surface area contributed by atoms with Gasteiger partial charge >= 0.3 is 5.97 Å². The monoisotopic (exact) mass is 344 g/mol. The quantitative estimate of drug-likeness (QED) is 0.784. The predicted molar refractivity (Wildman–Crippen MR) is 93.0 cm³/mol. The Bertz CT molecular complexity index is 671. The summed E-state index contributed by atoms with van der Waals surface area (Å²) in [5.74, 6) is -0.917. The molecule has 1 aromatic carbocycles. The summed E-state index contributed by atoms with van der Waals surface area (Å²) in [6, 6.07) is 7.75. The lowest BCUT2D eigenvalue weighted by Crippen LogP contribution is -2.45. The maximum absolute atomic E-state index is 12.8. The normalized spacial score (nSPS) is 23.7. The molecule has 3 rings (SSSR count). The summed E-state index contributed by atoms with van der Waals surface area (Å²) in [7, 11) is 1.37. The van der Waals surface area contributed by atoms with Crippen molar-refractivity contribution in [1.29, 1.82) is 0 Å². The Hall–Kier alpha value is -2.37. The molecule has 0 N–H and O–H groups in total. The molecule has 0 spiro atoms. The number of aryl methyl sites for hydroxylation is 1. The maximum Gasteiger partial charge on any atom is 0.310 e. The van der Waals surface area contributed by atoms with Crippen LogP contribution in [0, 0.1) is 18.8 Å². The van der Waals surface area contributed by atoms with E-state index in [2.05, 4.69) is 0 Å². The van der Waals surface area contributed by atoms with Crippen molar-refractivity contribution in [2.75, 3.05) is 31.6 Å². The van der Waals surface area contributed by atoms with Crippen molar-refractivity contribution >= 4 is 23.5 Å². The standard InChI is InChI=1S/C19H24N2O4/c1-13-5-7-16(8-6-13)21-12-15(10-17(21)22)18(23)20-9-3-4-14(11-20)19(24)25-2/h5-8,14-15H,3-4,9-12H2,1-2H3.